The van der Waals surface area contributed by atoms with Gasteiger partial charge in [0.1, 0.15) is 18.4 Å². The second kappa shape index (κ2) is 14.2. The Morgan fingerprint density at radius 2 is 1.63 bits per heavy atom. The van der Waals surface area contributed by atoms with Crippen molar-refractivity contribution in [1.82, 2.24) is 10.2 Å². The van der Waals surface area contributed by atoms with E-state index in [1.54, 1.807) is 37.3 Å². The van der Waals surface area contributed by atoms with E-state index in [1.165, 1.54) is 24.3 Å². The molecule has 13 heteroatoms. The number of nitrogens with one attached hydrogen (secondary N) is 1. The van der Waals surface area contributed by atoms with Crippen molar-refractivity contribution in [3.63, 3.8) is 0 Å². The predicted molar refractivity (Wildman–Crippen MR) is 157 cm³/mol. The zero-order chi connectivity index (χ0) is 31.9. The van der Waals surface area contributed by atoms with E-state index in [0.717, 1.165) is 17.2 Å². The molecule has 2 unspecified atom stereocenters. The molecule has 7 nitrogen and oxygen atoms in total. The van der Waals surface area contributed by atoms with Crippen molar-refractivity contribution >= 4 is 39.1 Å². The fourth-order valence-corrected chi connectivity index (χ4v) is 5.40. The lowest BCUT2D eigenvalue weighted by Gasteiger charge is -2.34. The van der Waals surface area contributed by atoms with Gasteiger partial charge < -0.3 is 10.2 Å². The highest BCUT2D eigenvalue weighted by Crippen LogP contribution is 2.36. The van der Waals surface area contributed by atoms with Crippen molar-refractivity contribution < 1.29 is 35.6 Å². The molecule has 0 aliphatic carbocycles. The Kier molecular flexibility index (Phi) is 11.2. The first kappa shape index (κ1) is 33.9. The number of rotatable bonds is 12. The lowest BCUT2D eigenvalue weighted by molar-refractivity contribution is -0.140. The first-order chi connectivity index (χ1) is 20.1. The summed E-state index contributed by atoms with van der Waals surface area (Å²) in [5.41, 5.74) is -1.03. The van der Waals surface area contributed by atoms with Gasteiger partial charge in [-0.25, -0.2) is 12.8 Å². The number of hydrogen-bond acceptors (Lipinski definition) is 4. The summed E-state index contributed by atoms with van der Waals surface area (Å²) in [6.07, 6.45) is -3.54. The van der Waals surface area contributed by atoms with E-state index in [0.29, 0.717) is 28.4 Å². The van der Waals surface area contributed by atoms with E-state index in [1.807, 2.05) is 6.92 Å². The van der Waals surface area contributed by atoms with E-state index in [9.17, 15) is 35.6 Å². The number of amides is 2. The average molecular weight is 642 g/mol. The Bertz CT molecular complexity index is 1540. The van der Waals surface area contributed by atoms with Crippen molar-refractivity contribution in [3.8, 4) is 0 Å². The van der Waals surface area contributed by atoms with Crippen molar-refractivity contribution in [2.45, 2.75) is 51.5 Å². The predicted octanol–water partition coefficient (Wildman–Crippen LogP) is 5.82. The summed E-state index contributed by atoms with van der Waals surface area (Å²) in [6.45, 7) is 2.19. The van der Waals surface area contributed by atoms with Gasteiger partial charge in [-0.05, 0) is 43.2 Å². The van der Waals surface area contributed by atoms with E-state index in [2.05, 4.69) is 5.32 Å². The van der Waals surface area contributed by atoms with Gasteiger partial charge in [-0.3, -0.25) is 13.9 Å². The largest absolute Gasteiger partial charge is 0.416 e. The Balaban J connectivity index is 2.13. The van der Waals surface area contributed by atoms with Gasteiger partial charge in [-0.15, -0.1) is 0 Å². The van der Waals surface area contributed by atoms with Crippen LogP contribution in [0, 0.1) is 5.82 Å². The molecule has 0 aromatic heterocycles. The minimum absolute atomic E-state index is 0.00745. The molecule has 2 atom stereocenters. The van der Waals surface area contributed by atoms with Crippen molar-refractivity contribution in [2.24, 2.45) is 0 Å². The van der Waals surface area contributed by atoms with Gasteiger partial charge in [-0.2, -0.15) is 13.2 Å². The number of anilines is 1. The molecule has 232 valence electrons. The molecule has 0 saturated heterocycles. The Morgan fingerprint density at radius 3 is 2.21 bits per heavy atom. The molecule has 0 aliphatic heterocycles. The fourth-order valence-electron chi connectivity index (χ4n) is 4.28. The maximum atomic E-state index is 14.8. The summed E-state index contributed by atoms with van der Waals surface area (Å²) in [5.74, 6) is -2.18. The molecule has 1 N–H and O–H groups in total. The molecule has 43 heavy (non-hydrogen) atoms. The highest BCUT2D eigenvalue weighted by Gasteiger charge is 2.36. The quantitative estimate of drug-likeness (QED) is 0.253. The van der Waals surface area contributed by atoms with Crippen LogP contribution in [0.4, 0.5) is 23.2 Å². The number of nitrogens with zero attached hydrogens (tertiary/aromatic N) is 2. The van der Waals surface area contributed by atoms with Gasteiger partial charge in [0.2, 0.25) is 21.8 Å². The number of sulfonamides is 1. The molecular formula is C30H32ClF4N3O4S. The van der Waals surface area contributed by atoms with Crippen molar-refractivity contribution in [2.75, 3.05) is 17.1 Å². The van der Waals surface area contributed by atoms with E-state index in [4.69, 9.17) is 11.6 Å². The third-order valence-corrected chi connectivity index (χ3v) is 8.24. The Morgan fingerprint density at radius 1 is 1.00 bits per heavy atom. The van der Waals surface area contributed by atoms with Gasteiger partial charge in [-0.1, -0.05) is 67.1 Å². The molecular weight excluding hydrogens is 610 g/mol. The zero-order valence-corrected chi connectivity index (χ0v) is 25.3. The second-order valence-corrected chi connectivity index (χ2v) is 12.4. The molecule has 0 heterocycles. The van der Waals surface area contributed by atoms with Gasteiger partial charge in [0.15, 0.2) is 0 Å². The summed E-state index contributed by atoms with van der Waals surface area (Å²) < 4.78 is 81.5. The maximum absolute atomic E-state index is 14.8. The van der Waals surface area contributed by atoms with Gasteiger partial charge in [0.05, 0.1) is 22.5 Å². The first-order valence-electron chi connectivity index (χ1n) is 13.3. The van der Waals surface area contributed by atoms with Crippen LogP contribution in [0.15, 0.2) is 72.8 Å². The van der Waals surface area contributed by atoms with Crippen molar-refractivity contribution in [1.29, 1.82) is 0 Å². The van der Waals surface area contributed by atoms with Crippen LogP contribution >= 0.6 is 11.6 Å². The molecule has 0 bridgehead atoms. The summed E-state index contributed by atoms with van der Waals surface area (Å²) >= 11 is 6.14. The number of benzene rings is 3. The van der Waals surface area contributed by atoms with Crippen molar-refractivity contribution in [3.05, 3.63) is 100 Å². The third kappa shape index (κ3) is 9.17. The zero-order valence-electron chi connectivity index (χ0n) is 23.7. The van der Waals surface area contributed by atoms with E-state index < -0.39 is 64.2 Å². The molecule has 0 radical (unpaired) electrons. The number of alkyl halides is 3. The normalized spacial score (nSPS) is 13.2. The number of carbonyl (C=O) groups excluding carboxylic acids is 2. The molecule has 0 fully saturated rings. The standard InChI is InChI=1S/C30H32ClF4N3O4S/c1-4-20(2)36-29(40)27(16-21-10-6-5-7-11-21)37(18-22-12-8-9-13-25(22)32)28(39)19-38(43(3,41)42)26-17-23(30(33,34)35)14-15-24(26)31/h5-15,17,20,27H,4,16,18-19H2,1-3H3,(H,36,40). The second-order valence-electron chi connectivity index (χ2n) is 10.1. The SMILES string of the molecule is CCC(C)NC(=O)C(Cc1ccccc1)N(Cc1ccccc1F)C(=O)CN(c1cc(C(F)(F)F)ccc1Cl)S(C)(=O)=O. The Hall–Kier alpha value is -3.64. The fraction of sp³-hybridized carbons (Fsp3) is 0.333. The number of hydrogen-bond donors (Lipinski definition) is 1. The minimum Gasteiger partial charge on any atom is -0.352 e. The minimum atomic E-state index is -4.82. The van der Waals surface area contributed by atoms with Gasteiger partial charge >= 0.3 is 6.18 Å². The molecule has 0 spiro atoms. The highest BCUT2D eigenvalue weighted by atomic mass is 35.5. The summed E-state index contributed by atoms with van der Waals surface area (Å²) in [5, 5.41) is 2.48. The third-order valence-electron chi connectivity index (χ3n) is 6.79. The topological polar surface area (TPSA) is 86.8 Å². The summed E-state index contributed by atoms with van der Waals surface area (Å²) in [4.78, 5) is 28.7. The van der Waals surface area contributed by atoms with Crippen LogP contribution in [0.25, 0.3) is 0 Å². The van der Waals surface area contributed by atoms with Crippen LogP contribution in [0.1, 0.15) is 37.0 Å². The van der Waals surface area contributed by atoms with Crippen LogP contribution in [-0.4, -0.2) is 50.0 Å². The monoisotopic (exact) mass is 641 g/mol. The number of halogens is 5. The molecule has 0 aliphatic rings. The first-order valence-corrected chi connectivity index (χ1v) is 15.6. The molecule has 3 aromatic carbocycles. The van der Waals surface area contributed by atoms with E-state index in [-0.39, 0.29) is 23.0 Å². The van der Waals surface area contributed by atoms with Gasteiger partial charge in [0, 0.05) is 24.6 Å². The van der Waals surface area contributed by atoms with Crippen LogP contribution < -0.4 is 9.62 Å². The lowest BCUT2D eigenvalue weighted by atomic mass is 10.0. The highest BCUT2D eigenvalue weighted by molar-refractivity contribution is 7.92. The maximum Gasteiger partial charge on any atom is 0.416 e. The Labute approximate surface area is 253 Å². The van der Waals surface area contributed by atoms with Gasteiger partial charge in [0.25, 0.3) is 0 Å². The number of carbonyl (C=O) groups is 2. The molecule has 3 rings (SSSR count). The molecule has 0 saturated carbocycles. The van der Waals surface area contributed by atoms with Crippen LogP contribution in [0.3, 0.4) is 0 Å². The summed E-state index contributed by atoms with van der Waals surface area (Å²) in [6, 6.07) is 14.9. The molecule has 2 amide bonds. The summed E-state index contributed by atoms with van der Waals surface area (Å²) in [7, 11) is -4.38. The lowest BCUT2D eigenvalue weighted by Crippen LogP contribution is -2.54. The van der Waals surface area contributed by atoms with Crippen LogP contribution in [-0.2, 0) is 38.8 Å². The van der Waals surface area contributed by atoms with Crippen LogP contribution in [0.2, 0.25) is 5.02 Å². The van der Waals surface area contributed by atoms with Crippen LogP contribution in [0.5, 0.6) is 0 Å². The van der Waals surface area contributed by atoms with E-state index >= 15 is 0 Å². The average Bonchev–Trinajstić information content (AvgIpc) is 2.94. The smallest absolute Gasteiger partial charge is 0.352 e. The molecule has 3 aromatic rings.